The Balaban J connectivity index is 1.54. The number of piperazine rings is 1. The fraction of sp³-hybridized carbons (Fsp3) is 0.278. The van der Waals surface area contributed by atoms with Crippen LogP contribution < -0.4 is 4.90 Å². The molecule has 128 valence electrons. The zero-order valence-electron chi connectivity index (χ0n) is 13.6. The van der Waals surface area contributed by atoms with Crippen LogP contribution in [0.1, 0.15) is 5.56 Å². The topological polar surface area (TPSA) is 60.2 Å². The number of pyridine rings is 1. The quantitative estimate of drug-likeness (QED) is 0.788. The SMILES string of the molecule is N#Cc1cccnc1SCC(=O)N1CCN(c2ccccc2F)CC1. The predicted molar refractivity (Wildman–Crippen MR) is 94.9 cm³/mol. The summed E-state index contributed by atoms with van der Waals surface area (Å²) < 4.78 is 13.9. The molecule has 0 bridgehead atoms. The molecule has 0 spiro atoms. The van der Waals surface area contributed by atoms with Crippen LogP contribution in [0.15, 0.2) is 47.6 Å². The molecule has 0 unspecified atom stereocenters. The van der Waals surface area contributed by atoms with Gasteiger partial charge in [0.2, 0.25) is 5.91 Å². The smallest absolute Gasteiger partial charge is 0.233 e. The van der Waals surface area contributed by atoms with E-state index < -0.39 is 0 Å². The maximum atomic E-state index is 13.9. The summed E-state index contributed by atoms with van der Waals surface area (Å²) in [6.45, 7) is 2.32. The van der Waals surface area contributed by atoms with Crippen LogP contribution in [0.3, 0.4) is 0 Å². The Labute approximate surface area is 150 Å². The highest BCUT2D eigenvalue weighted by atomic mass is 32.2. The third kappa shape index (κ3) is 4.09. The Morgan fingerprint density at radius 3 is 2.68 bits per heavy atom. The van der Waals surface area contributed by atoms with E-state index in [0.717, 1.165) is 0 Å². The van der Waals surface area contributed by atoms with Crippen LogP contribution in [-0.2, 0) is 4.79 Å². The second-order valence-corrected chi connectivity index (χ2v) is 6.54. The molecule has 0 saturated carbocycles. The molecule has 2 heterocycles. The normalized spacial score (nSPS) is 14.2. The lowest BCUT2D eigenvalue weighted by molar-refractivity contribution is -0.128. The number of halogens is 1. The molecule has 1 aliphatic rings. The molecule has 0 radical (unpaired) electrons. The molecule has 1 aromatic carbocycles. The number of hydrogen-bond donors (Lipinski definition) is 0. The highest BCUT2D eigenvalue weighted by molar-refractivity contribution is 7.99. The van der Waals surface area contributed by atoms with Gasteiger partial charge in [0.15, 0.2) is 0 Å². The van der Waals surface area contributed by atoms with Gasteiger partial charge in [0.05, 0.1) is 17.0 Å². The van der Waals surface area contributed by atoms with Crippen molar-refractivity contribution in [2.75, 3.05) is 36.8 Å². The fourth-order valence-corrected chi connectivity index (χ4v) is 3.56. The first-order valence-electron chi connectivity index (χ1n) is 7.94. The summed E-state index contributed by atoms with van der Waals surface area (Å²) >= 11 is 1.27. The highest BCUT2D eigenvalue weighted by Gasteiger charge is 2.23. The number of thioether (sulfide) groups is 1. The number of benzene rings is 1. The predicted octanol–water partition coefficient (Wildman–Crippen LogP) is 2.53. The van der Waals surface area contributed by atoms with Crippen LogP contribution >= 0.6 is 11.8 Å². The minimum Gasteiger partial charge on any atom is -0.366 e. The van der Waals surface area contributed by atoms with Crippen molar-refractivity contribution in [1.82, 2.24) is 9.88 Å². The van der Waals surface area contributed by atoms with Gasteiger partial charge in [-0.3, -0.25) is 4.79 Å². The van der Waals surface area contributed by atoms with E-state index in [9.17, 15) is 9.18 Å². The Morgan fingerprint density at radius 2 is 1.96 bits per heavy atom. The van der Waals surface area contributed by atoms with Crippen molar-refractivity contribution in [2.45, 2.75) is 5.03 Å². The van der Waals surface area contributed by atoms with Gasteiger partial charge < -0.3 is 9.80 Å². The Morgan fingerprint density at radius 1 is 1.20 bits per heavy atom. The van der Waals surface area contributed by atoms with Crippen LogP contribution in [0.25, 0.3) is 0 Å². The number of amides is 1. The van der Waals surface area contributed by atoms with Gasteiger partial charge in [-0.2, -0.15) is 5.26 Å². The largest absolute Gasteiger partial charge is 0.366 e. The third-order valence-electron chi connectivity index (χ3n) is 4.05. The molecule has 2 aromatic rings. The molecular formula is C18H17FN4OS. The van der Waals surface area contributed by atoms with E-state index in [0.29, 0.717) is 42.5 Å². The first-order chi connectivity index (χ1) is 12.2. The fourth-order valence-electron chi connectivity index (χ4n) is 2.72. The van der Waals surface area contributed by atoms with Crippen LogP contribution in [0.5, 0.6) is 0 Å². The maximum Gasteiger partial charge on any atom is 0.233 e. The van der Waals surface area contributed by atoms with Gasteiger partial charge in [-0.25, -0.2) is 9.37 Å². The van der Waals surface area contributed by atoms with E-state index in [1.54, 1.807) is 35.4 Å². The van der Waals surface area contributed by atoms with Crippen molar-refractivity contribution in [3.63, 3.8) is 0 Å². The van der Waals surface area contributed by atoms with Crippen molar-refractivity contribution in [3.05, 3.63) is 54.0 Å². The summed E-state index contributed by atoms with van der Waals surface area (Å²) in [4.78, 5) is 20.3. The molecule has 1 fully saturated rings. The van der Waals surface area contributed by atoms with Crippen molar-refractivity contribution in [1.29, 1.82) is 5.26 Å². The van der Waals surface area contributed by atoms with Crippen LogP contribution in [0, 0.1) is 17.1 Å². The summed E-state index contributed by atoms with van der Waals surface area (Å²) in [6.07, 6.45) is 1.61. The zero-order chi connectivity index (χ0) is 17.6. The second-order valence-electron chi connectivity index (χ2n) is 5.58. The molecule has 1 aromatic heterocycles. The number of carbonyl (C=O) groups is 1. The lowest BCUT2D eigenvalue weighted by Crippen LogP contribution is -2.49. The third-order valence-corrected chi connectivity index (χ3v) is 5.04. The summed E-state index contributed by atoms with van der Waals surface area (Å²) in [5.41, 5.74) is 1.06. The van der Waals surface area contributed by atoms with Gasteiger partial charge in [0, 0.05) is 32.4 Å². The molecule has 3 rings (SSSR count). The number of nitriles is 1. The lowest BCUT2D eigenvalue weighted by Gasteiger charge is -2.36. The number of anilines is 1. The molecule has 25 heavy (non-hydrogen) atoms. The number of hydrogen-bond acceptors (Lipinski definition) is 5. The van der Waals surface area contributed by atoms with Gasteiger partial charge in [0.25, 0.3) is 0 Å². The van der Waals surface area contributed by atoms with Crippen LogP contribution in [-0.4, -0.2) is 47.7 Å². The Bertz CT molecular complexity index is 800. The average molecular weight is 356 g/mol. The molecule has 0 aliphatic carbocycles. The van der Waals surface area contributed by atoms with E-state index in [4.69, 9.17) is 5.26 Å². The van der Waals surface area contributed by atoms with Crippen LogP contribution in [0.2, 0.25) is 0 Å². The lowest BCUT2D eigenvalue weighted by atomic mass is 10.2. The molecule has 1 amide bonds. The van der Waals surface area contributed by atoms with Gasteiger partial charge >= 0.3 is 0 Å². The monoisotopic (exact) mass is 356 g/mol. The van der Waals surface area contributed by atoms with Crippen LogP contribution in [0.4, 0.5) is 10.1 Å². The number of nitrogens with zero attached hydrogens (tertiary/aromatic N) is 4. The molecule has 0 N–H and O–H groups in total. The van der Waals surface area contributed by atoms with E-state index >= 15 is 0 Å². The minimum atomic E-state index is -0.239. The van der Waals surface area contributed by atoms with E-state index in [1.807, 2.05) is 11.0 Å². The van der Waals surface area contributed by atoms with Crippen molar-refractivity contribution >= 4 is 23.4 Å². The Kier molecular flexibility index (Phi) is 5.51. The number of rotatable bonds is 4. The number of aromatic nitrogens is 1. The molecule has 7 heteroatoms. The van der Waals surface area contributed by atoms with E-state index in [1.165, 1.54) is 17.8 Å². The van der Waals surface area contributed by atoms with Gasteiger partial charge in [-0.1, -0.05) is 23.9 Å². The maximum absolute atomic E-state index is 13.9. The highest BCUT2D eigenvalue weighted by Crippen LogP contribution is 2.22. The number of para-hydroxylation sites is 1. The van der Waals surface area contributed by atoms with Gasteiger partial charge in [-0.15, -0.1) is 0 Å². The van der Waals surface area contributed by atoms with E-state index in [-0.39, 0.29) is 17.5 Å². The van der Waals surface area contributed by atoms with E-state index in [2.05, 4.69) is 11.1 Å². The van der Waals surface area contributed by atoms with Gasteiger partial charge in [-0.05, 0) is 24.3 Å². The summed E-state index contributed by atoms with van der Waals surface area (Å²) in [5, 5.41) is 9.63. The Hall–Kier alpha value is -2.59. The summed E-state index contributed by atoms with van der Waals surface area (Å²) in [7, 11) is 0. The minimum absolute atomic E-state index is 0.00715. The van der Waals surface area contributed by atoms with Crippen molar-refractivity contribution < 1.29 is 9.18 Å². The van der Waals surface area contributed by atoms with Crippen molar-refractivity contribution in [3.8, 4) is 6.07 Å². The molecular weight excluding hydrogens is 339 g/mol. The van der Waals surface area contributed by atoms with Gasteiger partial charge in [0.1, 0.15) is 16.9 Å². The number of carbonyl (C=O) groups excluding carboxylic acids is 1. The first kappa shape index (κ1) is 17.2. The molecule has 0 atom stereocenters. The first-order valence-corrected chi connectivity index (χ1v) is 8.93. The molecule has 5 nitrogen and oxygen atoms in total. The summed E-state index contributed by atoms with van der Waals surface area (Å²) in [5.74, 6) is 0.00974. The molecule has 1 aliphatic heterocycles. The molecule has 1 saturated heterocycles. The average Bonchev–Trinajstić information content (AvgIpc) is 2.67. The zero-order valence-corrected chi connectivity index (χ0v) is 14.4. The summed E-state index contributed by atoms with van der Waals surface area (Å²) in [6, 6.07) is 12.2. The standard InChI is InChI=1S/C18H17FN4OS/c19-15-5-1-2-6-16(15)22-8-10-23(11-9-22)17(24)13-25-18-14(12-20)4-3-7-21-18/h1-7H,8-11,13H2. The second kappa shape index (κ2) is 7.99. The van der Waals surface area contributed by atoms with Crippen molar-refractivity contribution in [2.24, 2.45) is 0 Å².